The van der Waals surface area contributed by atoms with E-state index in [0.717, 1.165) is 5.69 Å². The molecule has 3 rings (SSSR count). The molecule has 2 N–H and O–H groups in total. The Morgan fingerprint density at radius 2 is 1.88 bits per heavy atom. The van der Waals surface area contributed by atoms with Crippen LogP contribution in [0.3, 0.4) is 0 Å². The number of ether oxygens (including phenoxy) is 2. The van der Waals surface area contributed by atoms with Crippen molar-refractivity contribution < 1.29 is 19.4 Å². The minimum Gasteiger partial charge on any atom is -0.478 e. The van der Waals surface area contributed by atoms with Crippen molar-refractivity contribution in [3.8, 4) is 11.6 Å². The number of para-hydroxylation sites is 1. The summed E-state index contributed by atoms with van der Waals surface area (Å²) >= 11 is 0. The summed E-state index contributed by atoms with van der Waals surface area (Å²) in [7, 11) is 1.57. The summed E-state index contributed by atoms with van der Waals surface area (Å²) in [6.07, 6.45) is 0. The Bertz CT molecular complexity index is 900. The number of hydrogen-bond donors (Lipinski definition) is 2. The van der Waals surface area contributed by atoms with Crippen LogP contribution in [0.4, 0.5) is 11.6 Å². The summed E-state index contributed by atoms with van der Waals surface area (Å²) in [5, 5.41) is 12.2. The van der Waals surface area contributed by atoms with Crippen LogP contribution in [0.1, 0.15) is 16.1 Å². The van der Waals surface area contributed by atoms with Gasteiger partial charge < -0.3 is 19.9 Å². The summed E-state index contributed by atoms with van der Waals surface area (Å²) in [5.41, 5.74) is 1.60. The first-order valence-electron chi connectivity index (χ1n) is 7.84. The largest absolute Gasteiger partial charge is 0.478 e. The summed E-state index contributed by atoms with van der Waals surface area (Å²) in [5.74, 6) is -0.00886. The molecule has 0 saturated heterocycles. The van der Waals surface area contributed by atoms with E-state index in [0.29, 0.717) is 17.4 Å². The van der Waals surface area contributed by atoms with Gasteiger partial charge in [-0.3, -0.25) is 0 Å². The first kappa shape index (κ1) is 17.4. The highest BCUT2D eigenvalue weighted by Crippen LogP contribution is 2.24. The fourth-order valence-electron chi connectivity index (χ4n) is 2.27. The Hall–Kier alpha value is -3.45. The standard InChI is InChI=1S/C19H17N3O4/c1-25-12-15-11-17(26-16-9-5-6-13(10-16)18(23)24)22-19(21-15)20-14-7-3-2-4-8-14/h2-11H,12H2,1H3,(H,23,24)(H,20,21,22). The number of nitrogens with one attached hydrogen (secondary N) is 1. The zero-order valence-electron chi connectivity index (χ0n) is 14.0. The lowest BCUT2D eigenvalue weighted by Gasteiger charge is -2.10. The number of methoxy groups -OCH3 is 1. The van der Waals surface area contributed by atoms with E-state index in [9.17, 15) is 4.79 Å². The highest BCUT2D eigenvalue weighted by atomic mass is 16.5. The zero-order chi connectivity index (χ0) is 18.4. The fourth-order valence-corrected chi connectivity index (χ4v) is 2.27. The van der Waals surface area contributed by atoms with Crippen molar-refractivity contribution >= 4 is 17.6 Å². The van der Waals surface area contributed by atoms with E-state index in [-0.39, 0.29) is 18.1 Å². The molecule has 0 saturated carbocycles. The predicted octanol–water partition coefficient (Wildman–Crippen LogP) is 3.86. The van der Waals surface area contributed by atoms with Crippen molar-refractivity contribution in [3.63, 3.8) is 0 Å². The number of hydrogen-bond acceptors (Lipinski definition) is 6. The topological polar surface area (TPSA) is 93.6 Å². The maximum atomic E-state index is 11.1. The normalized spacial score (nSPS) is 10.3. The minimum atomic E-state index is -1.02. The molecule has 3 aromatic rings. The van der Waals surface area contributed by atoms with Gasteiger partial charge in [0.25, 0.3) is 0 Å². The molecule has 0 bridgehead atoms. The van der Waals surface area contributed by atoms with Crippen molar-refractivity contribution in [1.82, 2.24) is 9.97 Å². The predicted molar refractivity (Wildman–Crippen MR) is 95.9 cm³/mol. The van der Waals surface area contributed by atoms with E-state index >= 15 is 0 Å². The quantitative estimate of drug-likeness (QED) is 0.667. The number of carbonyl (C=O) groups is 1. The molecule has 7 nitrogen and oxygen atoms in total. The third-order valence-electron chi connectivity index (χ3n) is 3.38. The summed E-state index contributed by atoms with van der Waals surface area (Å²) in [6, 6.07) is 17.3. The first-order valence-corrected chi connectivity index (χ1v) is 7.84. The van der Waals surface area contributed by atoms with Crippen LogP contribution in [0.2, 0.25) is 0 Å². The Labute approximate surface area is 150 Å². The Morgan fingerprint density at radius 3 is 2.62 bits per heavy atom. The van der Waals surface area contributed by atoms with E-state index in [4.69, 9.17) is 14.6 Å². The number of carboxylic acid groups (broad SMARTS) is 1. The second-order valence-corrected chi connectivity index (χ2v) is 5.38. The van der Waals surface area contributed by atoms with E-state index in [2.05, 4.69) is 15.3 Å². The van der Waals surface area contributed by atoms with Gasteiger partial charge in [-0.15, -0.1) is 0 Å². The molecule has 0 aliphatic rings. The fraction of sp³-hybridized carbons (Fsp3) is 0.105. The van der Waals surface area contributed by atoms with Gasteiger partial charge in [-0.1, -0.05) is 24.3 Å². The Kier molecular flexibility index (Phi) is 5.40. The van der Waals surface area contributed by atoms with Gasteiger partial charge in [-0.05, 0) is 30.3 Å². The average molecular weight is 351 g/mol. The monoisotopic (exact) mass is 351 g/mol. The highest BCUT2D eigenvalue weighted by Gasteiger charge is 2.09. The third-order valence-corrected chi connectivity index (χ3v) is 3.38. The number of anilines is 2. The van der Waals surface area contributed by atoms with Crippen LogP contribution in [-0.2, 0) is 11.3 Å². The molecule has 0 radical (unpaired) electrons. The summed E-state index contributed by atoms with van der Waals surface area (Å²) in [6.45, 7) is 0.289. The number of rotatable bonds is 7. The molecule has 0 amide bonds. The number of aromatic carboxylic acids is 1. The van der Waals surface area contributed by atoms with Crippen molar-refractivity contribution in [3.05, 3.63) is 71.9 Å². The van der Waals surface area contributed by atoms with Crippen molar-refractivity contribution in [2.24, 2.45) is 0 Å². The van der Waals surface area contributed by atoms with Gasteiger partial charge in [0.05, 0.1) is 17.9 Å². The Balaban J connectivity index is 1.88. The van der Waals surface area contributed by atoms with Crippen LogP contribution >= 0.6 is 0 Å². The molecule has 1 heterocycles. The maximum absolute atomic E-state index is 11.1. The van der Waals surface area contributed by atoms with Crippen LogP contribution in [0.25, 0.3) is 0 Å². The molecule has 2 aromatic carbocycles. The second-order valence-electron chi connectivity index (χ2n) is 5.38. The van der Waals surface area contributed by atoms with Gasteiger partial charge in [-0.25, -0.2) is 9.78 Å². The molecule has 0 unspecified atom stereocenters. The van der Waals surface area contributed by atoms with Crippen molar-refractivity contribution in [1.29, 1.82) is 0 Å². The average Bonchev–Trinajstić information content (AvgIpc) is 2.63. The number of aromatic nitrogens is 2. The van der Waals surface area contributed by atoms with Gasteiger partial charge in [0.15, 0.2) is 0 Å². The minimum absolute atomic E-state index is 0.135. The third kappa shape index (κ3) is 4.55. The molecule has 0 aliphatic heterocycles. The molecule has 0 fully saturated rings. The number of carboxylic acids is 1. The molecule has 0 spiro atoms. The lowest BCUT2D eigenvalue weighted by atomic mass is 10.2. The van der Waals surface area contributed by atoms with Gasteiger partial charge >= 0.3 is 5.97 Å². The molecular formula is C19H17N3O4. The molecular weight excluding hydrogens is 334 g/mol. The van der Waals surface area contributed by atoms with E-state index in [1.54, 1.807) is 25.3 Å². The van der Waals surface area contributed by atoms with Crippen LogP contribution in [0.5, 0.6) is 11.6 Å². The maximum Gasteiger partial charge on any atom is 0.335 e. The SMILES string of the molecule is COCc1cc(Oc2cccc(C(=O)O)c2)nc(Nc2ccccc2)n1. The lowest BCUT2D eigenvalue weighted by molar-refractivity contribution is 0.0696. The van der Waals surface area contributed by atoms with E-state index in [1.165, 1.54) is 12.1 Å². The van der Waals surface area contributed by atoms with Crippen LogP contribution in [-0.4, -0.2) is 28.2 Å². The molecule has 26 heavy (non-hydrogen) atoms. The summed E-state index contributed by atoms with van der Waals surface area (Å²) < 4.78 is 10.9. The van der Waals surface area contributed by atoms with Crippen LogP contribution in [0.15, 0.2) is 60.7 Å². The molecule has 132 valence electrons. The van der Waals surface area contributed by atoms with Crippen molar-refractivity contribution in [2.75, 3.05) is 12.4 Å². The molecule has 7 heteroatoms. The number of nitrogens with zero attached hydrogens (tertiary/aromatic N) is 2. The van der Waals surface area contributed by atoms with Crippen LogP contribution < -0.4 is 10.1 Å². The smallest absolute Gasteiger partial charge is 0.335 e. The second kappa shape index (κ2) is 8.09. The van der Waals surface area contributed by atoms with Gasteiger partial charge in [0.1, 0.15) is 5.75 Å². The zero-order valence-corrected chi connectivity index (χ0v) is 14.0. The lowest BCUT2D eigenvalue weighted by Crippen LogP contribution is -2.03. The number of benzene rings is 2. The molecule has 0 aliphatic carbocycles. The molecule has 0 atom stereocenters. The summed E-state index contributed by atoms with van der Waals surface area (Å²) in [4.78, 5) is 19.8. The van der Waals surface area contributed by atoms with Gasteiger partial charge in [0.2, 0.25) is 11.8 Å². The van der Waals surface area contributed by atoms with Crippen molar-refractivity contribution in [2.45, 2.75) is 6.61 Å². The molecule has 1 aromatic heterocycles. The van der Waals surface area contributed by atoms with E-state index in [1.807, 2.05) is 30.3 Å². The van der Waals surface area contributed by atoms with Gasteiger partial charge in [0, 0.05) is 18.9 Å². The first-order chi connectivity index (χ1) is 12.6. The van der Waals surface area contributed by atoms with E-state index < -0.39 is 5.97 Å². The highest BCUT2D eigenvalue weighted by molar-refractivity contribution is 5.88. The van der Waals surface area contributed by atoms with Gasteiger partial charge in [-0.2, -0.15) is 4.98 Å². The Morgan fingerprint density at radius 1 is 1.08 bits per heavy atom. The van der Waals surface area contributed by atoms with Crippen LogP contribution in [0, 0.1) is 0 Å².